The summed E-state index contributed by atoms with van der Waals surface area (Å²) in [6.45, 7) is 3.76. The number of carbonyl (C=O) groups excluding carboxylic acids is 2. The van der Waals surface area contributed by atoms with E-state index < -0.39 is 63.5 Å². The van der Waals surface area contributed by atoms with Crippen LogP contribution in [0.1, 0.15) is 70.8 Å². The molecule has 0 saturated carbocycles. The van der Waals surface area contributed by atoms with Gasteiger partial charge in [-0.15, -0.1) is 0 Å². The van der Waals surface area contributed by atoms with E-state index in [4.69, 9.17) is 0 Å². The number of aryl methyl sites for hydroxylation is 2. The molecule has 2 N–H and O–H groups in total. The summed E-state index contributed by atoms with van der Waals surface area (Å²) in [5.74, 6) is -6.94. The second-order valence-electron chi connectivity index (χ2n) is 13.6. The molecule has 2 saturated heterocycles. The summed E-state index contributed by atoms with van der Waals surface area (Å²) in [6.07, 6.45) is -7.17. The molecule has 5 rings (SSSR count). The number of hydrogen-bond acceptors (Lipinski definition) is 7. The molecule has 18 heteroatoms. The number of amides is 2. The van der Waals surface area contributed by atoms with E-state index in [0.29, 0.717) is 60.3 Å². The van der Waals surface area contributed by atoms with Gasteiger partial charge in [0.15, 0.2) is 6.61 Å². The Labute approximate surface area is 295 Å². The quantitative estimate of drug-likeness (QED) is 0.334. The maximum absolute atomic E-state index is 13.8. The molecular weight excluding hydrogens is 725 g/mol. The van der Waals surface area contributed by atoms with Crippen molar-refractivity contribution in [2.24, 2.45) is 4.99 Å². The lowest BCUT2D eigenvalue weighted by Gasteiger charge is -2.36. The van der Waals surface area contributed by atoms with Crippen LogP contribution >= 0.6 is 0 Å². The molecule has 0 aromatic heterocycles. The standard InChI is InChI=1S/C34H37F7N4O6S/c1-20-16-23(28(46)44-11-7-31(3,48)8-12-44)17-21(2)24(20)6-15-52(49,50)45-13-9-32(10-14-45)30(47)42-27(43-32)22-4-5-26(25(18-22)34(39,40)41)51-19-33(37,38)29(35)36/h4-6,15-18,29,48H,7-14,19H2,1-3H3,(H,42,43,47)/b15-6+. The lowest BCUT2D eigenvalue weighted by atomic mass is 9.89. The largest absolute Gasteiger partial charge is 0.486 e. The number of piperidine rings is 2. The summed E-state index contributed by atoms with van der Waals surface area (Å²) in [6, 6.07) is 5.51. The first-order chi connectivity index (χ1) is 24.0. The number of rotatable bonds is 9. The second-order valence-corrected chi connectivity index (χ2v) is 15.4. The Morgan fingerprint density at radius 1 is 1.02 bits per heavy atom. The van der Waals surface area contributed by atoms with Crippen molar-refractivity contribution < 1.29 is 58.6 Å². The normalized spacial score (nSPS) is 19.7. The number of aliphatic imine (C=N–C) groups is 1. The maximum atomic E-state index is 13.8. The molecule has 0 radical (unpaired) electrons. The molecule has 2 aromatic carbocycles. The molecule has 0 aliphatic carbocycles. The monoisotopic (exact) mass is 762 g/mol. The van der Waals surface area contributed by atoms with Gasteiger partial charge in [0.05, 0.1) is 11.2 Å². The molecule has 3 aliphatic rings. The number of sulfonamides is 1. The van der Waals surface area contributed by atoms with E-state index in [2.05, 4.69) is 15.0 Å². The van der Waals surface area contributed by atoms with Crippen molar-refractivity contribution in [3.05, 3.63) is 69.1 Å². The Morgan fingerprint density at radius 2 is 1.62 bits per heavy atom. The highest BCUT2D eigenvalue weighted by Gasteiger charge is 2.48. The number of amidine groups is 1. The van der Waals surface area contributed by atoms with E-state index in [1.165, 1.54) is 6.08 Å². The van der Waals surface area contributed by atoms with Crippen molar-refractivity contribution in [3.63, 3.8) is 0 Å². The molecular formula is C34H37F7N4O6S. The fourth-order valence-corrected chi connectivity index (χ4v) is 7.51. The number of carbonyl (C=O) groups is 2. The maximum Gasteiger partial charge on any atom is 0.419 e. The number of halogens is 7. The zero-order chi connectivity index (χ0) is 38.4. The van der Waals surface area contributed by atoms with Gasteiger partial charge in [0, 0.05) is 42.7 Å². The first-order valence-corrected chi connectivity index (χ1v) is 17.8. The third-order valence-corrected chi connectivity index (χ3v) is 11.1. The Morgan fingerprint density at radius 3 is 2.17 bits per heavy atom. The molecule has 2 fully saturated rings. The van der Waals surface area contributed by atoms with E-state index in [9.17, 15) is 53.8 Å². The van der Waals surface area contributed by atoms with Crippen molar-refractivity contribution >= 4 is 33.7 Å². The molecule has 0 unspecified atom stereocenters. The summed E-state index contributed by atoms with van der Waals surface area (Å²) in [4.78, 5) is 32.2. The van der Waals surface area contributed by atoms with Crippen molar-refractivity contribution in [1.82, 2.24) is 14.5 Å². The van der Waals surface area contributed by atoms with Crippen LogP contribution in [0.4, 0.5) is 30.7 Å². The first kappa shape index (κ1) is 39.2. The average Bonchev–Trinajstić information content (AvgIpc) is 3.37. The van der Waals surface area contributed by atoms with Gasteiger partial charge in [-0.25, -0.2) is 17.2 Å². The average molecular weight is 763 g/mol. The van der Waals surface area contributed by atoms with E-state index >= 15 is 0 Å². The number of nitrogens with zero attached hydrogens (tertiary/aromatic N) is 3. The number of nitrogens with one attached hydrogen (secondary N) is 1. The SMILES string of the molecule is Cc1cc(C(=O)N2CCC(C)(O)CC2)cc(C)c1/C=C/S(=O)(=O)N1CCC2(CC1)N=C(c1ccc(OCC(F)(F)C(F)F)c(C(F)(F)F)c1)NC2=O. The van der Waals surface area contributed by atoms with Crippen LogP contribution in [0.2, 0.25) is 0 Å². The number of alkyl halides is 7. The Kier molecular flexibility index (Phi) is 10.6. The first-order valence-electron chi connectivity index (χ1n) is 16.3. The number of likely N-dealkylation sites (tertiary alicyclic amines) is 1. The van der Waals surface area contributed by atoms with E-state index in [0.717, 1.165) is 15.8 Å². The smallest absolute Gasteiger partial charge is 0.419 e. The van der Waals surface area contributed by atoms with Gasteiger partial charge in [0.1, 0.15) is 17.1 Å². The highest BCUT2D eigenvalue weighted by Crippen LogP contribution is 2.39. The summed E-state index contributed by atoms with van der Waals surface area (Å²) in [5.41, 5.74) is -1.74. The lowest BCUT2D eigenvalue weighted by molar-refractivity contribution is -0.153. The van der Waals surface area contributed by atoms with Crippen molar-refractivity contribution in [2.75, 3.05) is 32.8 Å². The number of ether oxygens (including phenoxy) is 1. The fraction of sp³-hybridized carbons (Fsp3) is 0.500. The zero-order valence-corrected chi connectivity index (χ0v) is 29.2. The minimum Gasteiger partial charge on any atom is -0.486 e. The molecule has 2 amide bonds. The van der Waals surface area contributed by atoms with Crippen LogP contribution in [0, 0.1) is 13.8 Å². The molecule has 0 bridgehead atoms. The number of hydrogen-bond donors (Lipinski definition) is 2. The van der Waals surface area contributed by atoms with Crippen molar-refractivity contribution in [1.29, 1.82) is 0 Å². The summed E-state index contributed by atoms with van der Waals surface area (Å²) < 4.78 is 125. The van der Waals surface area contributed by atoms with Crippen LogP contribution in [0.3, 0.4) is 0 Å². The Bertz CT molecular complexity index is 1870. The Hall–Kier alpha value is -4.03. The predicted molar refractivity (Wildman–Crippen MR) is 176 cm³/mol. The van der Waals surface area contributed by atoms with Gasteiger partial charge in [-0.1, -0.05) is 0 Å². The molecule has 0 atom stereocenters. The second kappa shape index (κ2) is 14.1. The summed E-state index contributed by atoms with van der Waals surface area (Å²) in [5, 5.41) is 13.6. The van der Waals surface area contributed by atoms with E-state index in [1.54, 1.807) is 37.8 Å². The van der Waals surface area contributed by atoms with Crippen molar-refractivity contribution in [2.45, 2.75) is 76.1 Å². The molecule has 52 heavy (non-hydrogen) atoms. The highest BCUT2D eigenvalue weighted by atomic mass is 32.2. The minimum absolute atomic E-state index is 0.105. The third-order valence-electron chi connectivity index (χ3n) is 9.56. The van der Waals surface area contributed by atoms with Crippen LogP contribution < -0.4 is 10.1 Å². The summed E-state index contributed by atoms with van der Waals surface area (Å²) in [7, 11) is -4.01. The molecule has 1 spiro atoms. The number of aliphatic hydroxyl groups is 1. The van der Waals surface area contributed by atoms with E-state index in [-0.39, 0.29) is 43.2 Å². The molecule has 3 aliphatic heterocycles. The Balaban J connectivity index is 1.27. The third kappa shape index (κ3) is 8.28. The van der Waals surface area contributed by atoms with Crippen LogP contribution in [0.5, 0.6) is 5.75 Å². The van der Waals surface area contributed by atoms with Gasteiger partial charge < -0.3 is 20.1 Å². The molecule has 284 valence electrons. The van der Waals surface area contributed by atoms with Gasteiger partial charge in [-0.2, -0.15) is 26.3 Å². The lowest BCUT2D eigenvalue weighted by Crippen LogP contribution is -2.50. The van der Waals surface area contributed by atoms with Gasteiger partial charge in [-0.3, -0.25) is 14.6 Å². The number of benzene rings is 2. The summed E-state index contributed by atoms with van der Waals surface area (Å²) >= 11 is 0. The highest BCUT2D eigenvalue weighted by molar-refractivity contribution is 7.92. The molecule has 2 aromatic rings. The topological polar surface area (TPSA) is 129 Å². The van der Waals surface area contributed by atoms with Gasteiger partial charge in [-0.05, 0) is 99.6 Å². The van der Waals surface area contributed by atoms with Crippen LogP contribution in [0.15, 0.2) is 40.7 Å². The van der Waals surface area contributed by atoms with Crippen molar-refractivity contribution in [3.8, 4) is 5.75 Å². The van der Waals surface area contributed by atoms with Gasteiger partial charge >= 0.3 is 18.5 Å². The van der Waals surface area contributed by atoms with E-state index in [1.807, 2.05) is 0 Å². The fourth-order valence-electron chi connectivity index (χ4n) is 6.34. The van der Waals surface area contributed by atoms with Crippen LogP contribution in [-0.2, 0) is 21.0 Å². The molecule has 3 heterocycles. The van der Waals surface area contributed by atoms with Crippen LogP contribution in [-0.4, -0.2) is 96.7 Å². The minimum atomic E-state index is -5.15. The van der Waals surface area contributed by atoms with Gasteiger partial charge in [0.2, 0.25) is 10.0 Å². The zero-order valence-electron chi connectivity index (χ0n) is 28.4. The van der Waals surface area contributed by atoms with Gasteiger partial charge in [0.25, 0.3) is 11.8 Å². The molecule has 10 nitrogen and oxygen atoms in total. The van der Waals surface area contributed by atoms with Crippen LogP contribution in [0.25, 0.3) is 6.08 Å². The predicted octanol–water partition coefficient (Wildman–Crippen LogP) is 5.30.